The van der Waals surface area contributed by atoms with Crippen LogP contribution in [0.15, 0.2) is 12.1 Å². The molecule has 1 aromatic rings. The third-order valence-electron chi connectivity index (χ3n) is 2.08. The first-order valence-corrected chi connectivity index (χ1v) is 4.61. The van der Waals surface area contributed by atoms with Gasteiger partial charge in [-0.3, -0.25) is 0 Å². The van der Waals surface area contributed by atoms with Gasteiger partial charge >= 0.3 is 12.5 Å². The van der Waals surface area contributed by atoms with Crippen molar-refractivity contribution in [3.63, 3.8) is 0 Å². The Morgan fingerprint density at radius 3 is 2.40 bits per heavy atom. The first-order valence-electron chi connectivity index (χ1n) is 4.61. The molecule has 0 saturated carbocycles. The summed E-state index contributed by atoms with van der Waals surface area (Å²) in [7, 11) is 0. The molecular formula is C10H13F2NO2. The van der Waals surface area contributed by atoms with Gasteiger partial charge in [-0.2, -0.15) is 8.78 Å². The molecule has 0 spiro atoms. The van der Waals surface area contributed by atoms with Gasteiger partial charge in [0.2, 0.25) is 0 Å². The number of alkyl halides is 2. The molecule has 15 heavy (non-hydrogen) atoms. The molecule has 1 heterocycles. The molecule has 0 aliphatic carbocycles. The van der Waals surface area contributed by atoms with E-state index < -0.39 is 6.61 Å². The first kappa shape index (κ1) is 11.7. The highest BCUT2D eigenvalue weighted by Gasteiger charge is 2.22. The van der Waals surface area contributed by atoms with Crippen molar-refractivity contribution in [3.8, 4) is 5.88 Å². The molecular weight excluding hydrogens is 204 g/mol. The molecule has 0 saturated heterocycles. The summed E-state index contributed by atoms with van der Waals surface area (Å²) in [5, 5.41) is 11.5. The average Bonchev–Trinajstić information content (AvgIpc) is 2.12. The highest BCUT2D eigenvalue weighted by atomic mass is 19.3. The van der Waals surface area contributed by atoms with Crippen LogP contribution in [-0.4, -0.2) is 6.61 Å². The second-order valence-electron chi connectivity index (χ2n) is 3.56. The van der Waals surface area contributed by atoms with Crippen LogP contribution in [0.3, 0.4) is 0 Å². The van der Waals surface area contributed by atoms with Crippen LogP contribution >= 0.6 is 0 Å². The van der Waals surface area contributed by atoms with Gasteiger partial charge in [0.25, 0.3) is 0 Å². The Morgan fingerprint density at radius 1 is 1.33 bits per heavy atom. The topological polar surface area (TPSA) is 36.2 Å². The number of hydrogen-bond donors (Lipinski definition) is 0. The highest BCUT2D eigenvalue weighted by molar-refractivity contribution is 5.26. The van der Waals surface area contributed by atoms with Gasteiger partial charge in [0.1, 0.15) is 0 Å². The molecule has 0 bridgehead atoms. The minimum absolute atomic E-state index is 0.0421. The van der Waals surface area contributed by atoms with E-state index in [0.717, 1.165) is 0 Å². The Labute approximate surface area is 86.9 Å². The Morgan fingerprint density at radius 2 is 1.93 bits per heavy atom. The molecule has 0 aliphatic heterocycles. The minimum atomic E-state index is -2.98. The maximum Gasteiger partial charge on any atom is 0.391 e. The zero-order valence-corrected chi connectivity index (χ0v) is 8.83. The van der Waals surface area contributed by atoms with Crippen LogP contribution in [0, 0.1) is 12.1 Å². The lowest BCUT2D eigenvalue weighted by Gasteiger charge is -2.13. The zero-order chi connectivity index (χ0) is 11.6. The van der Waals surface area contributed by atoms with E-state index in [1.165, 1.54) is 6.92 Å². The Bertz CT molecular complexity index is 354. The van der Waals surface area contributed by atoms with Crippen molar-refractivity contribution in [3.05, 3.63) is 28.6 Å². The summed E-state index contributed by atoms with van der Waals surface area (Å²) in [5.41, 5.74) is 0.811. The zero-order valence-electron chi connectivity index (χ0n) is 8.83. The summed E-state index contributed by atoms with van der Waals surface area (Å²) < 4.78 is 28.8. The molecule has 1 aromatic heterocycles. The van der Waals surface area contributed by atoms with Crippen molar-refractivity contribution >= 4 is 0 Å². The Hall–Kier alpha value is -1.39. The summed E-state index contributed by atoms with van der Waals surface area (Å²) in [5.74, 6) is -0.348. The van der Waals surface area contributed by atoms with E-state index in [-0.39, 0.29) is 11.8 Å². The van der Waals surface area contributed by atoms with Crippen LogP contribution in [0.5, 0.6) is 5.88 Å². The van der Waals surface area contributed by atoms with E-state index in [1.807, 2.05) is 13.8 Å². The fourth-order valence-corrected chi connectivity index (χ4v) is 1.27. The Kier molecular flexibility index (Phi) is 3.44. The summed E-state index contributed by atoms with van der Waals surface area (Å²) in [6, 6.07) is 3.22. The van der Waals surface area contributed by atoms with E-state index in [2.05, 4.69) is 4.74 Å². The van der Waals surface area contributed by atoms with Crippen LogP contribution < -0.4 is 9.47 Å². The lowest BCUT2D eigenvalue weighted by molar-refractivity contribution is -0.622. The summed E-state index contributed by atoms with van der Waals surface area (Å²) in [6.07, 6.45) is 0. The van der Waals surface area contributed by atoms with E-state index in [9.17, 15) is 14.0 Å². The fourth-order valence-electron chi connectivity index (χ4n) is 1.27. The third kappa shape index (κ3) is 2.55. The quantitative estimate of drug-likeness (QED) is 0.575. The lowest BCUT2D eigenvalue weighted by atomic mass is 10.0. The molecule has 0 amide bonds. The number of pyridine rings is 1. The molecule has 0 radical (unpaired) electrons. The highest BCUT2D eigenvalue weighted by Crippen LogP contribution is 2.24. The number of nitrogens with zero attached hydrogens (tertiary/aromatic N) is 1. The van der Waals surface area contributed by atoms with Crippen LogP contribution in [0.1, 0.15) is 31.0 Å². The monoisotopic (exact) mass is 217 g/mol. The second kappa shape index (κ2) is 4.42. The first-order chi connectivity index (χ1) is 6.93. The fraction of sp³-hybridized carbons (Fsp3) is 0.500. The van der Waals surface area contributed by atoms with Crippen molar-refractivity contribution < 1.29 is 18.2 Å². The standard InChI is InChI=1S/C10H13F2NO2/c1-6(2)8-5-4-7(3)13(14)9(8)15-10(11)12/h4-6,10H,1-3H3. The van der Waals surface area contributed by atoms with E-state index in [1.54, 1.807) is 12.1 Å². The maximum absolute atomic E-state index is 12.1. The SMILES string of the molecule is Cc1ccc(C(C)C)c(OC(F)F)[n+]1[O-]. The van der Waals surface area contributed by atoms with Gasteiger partial charge in [-0.05, 0) is 12.0 Å². The number of rotatable bonds is 3. The molecule has 0 fully saturated rings. The van der Waals surface area contributed by atoms with Gasteiger partial charge in [0, 0.05) is 13.0 Å². The third-order valence-corrected chi connectivity index (χ3v) is 2.08. The maximum atomic E-state index is 12.1. The molecule has 0 N–H and O–H groups in total. The molecule has 0 atom stereocenters. The number of hydrogen-bond acceptors (Lipinski definition) is 2. The van der Waals surface area contributed by atoms with Crippen LogP contribution in [0.2, 0.25) is 0 Å². The second-order valence-corrected chi connectivity index (χ2v) is 3.56. The van der Waals surface area contributed by atoms with Gasteiger partial charge in [-0.1, -0.05) is 13.8 Å². The van der Waals surface area contributed by atoms with Crippen molar-refractivity contribution in [2.24, 2.45) is 0 Å². The lowest BCUT2D eigenvalue weighted by Crippen LogP contribution is -2.34. The van der Waals surface area contributed by atoms with Gasteiger partial charge in [0.15, 0.2) is 5.69 Å². The van der Waals surface area contributed by atoms with Crippen molar-refractivity contribution in [2.45, 2.75) is 33.3 Å². The van der Waals surface area contributed by atoms with Crippen LogP contribution in [0.25, 0.3) is 0 Å². The number of ether oxygens (including phenoxy) is 1. The van der Waals surface area contributed by atoms with Crippen LogP contribution in [0.4, 0.5) is 8.78 Å². The molecule has 0 aromatic carbocycles. The number of aryl methyl sites for hydroxylation is 1. The predicted octanol–water partition coefficient (Wildman–Crippen LogP) is 2.35. The predicted molar refractivity (Wildman–Crippen MR) is 50.9 cm³/mol. The molecule has 1 rings (SSSR count). The van der Waals surface area contributed by atoms with Crippen molar-refractivity contribution in [1.29, 1.82) is 0 Å². The van der Waals surface area contributed by atoms with Crippen molar-refractivity contribution in [1.82, 2.24) is 0 Å². The molecule has 3 nitrogen and oxygen atoms in total. The molecule has 0 unspecified atom stereocenters. The van der Waals surface area contributed by atoms with Crippen molar-refractivity contribution in [2.75, 3.05) is 0 Å². The minimum Gasteiger partial charge on any atom is -0.616 e. The smallest absolute Gasteiger partial charge is 0.391 e. The van der Waals surface area contributed by atoms with Gasteiger partial charge in [0.05, 0.1) is 5.56 Å². The Balaban J connectivity index is 3.22. The number of aromatic nitrogens is 1. The van der Waals surface area contributed by atoms with Gasteiger partial charge in [-0.15, -0.1) is 4.73 Å². The van der Waals surface area contributed by atoms with E-state index in [0.29, 0.717) is 16.0 Å². The molecule has 5 heteroatoms. The summed E-state index contributed by atoms with van der Waals surface area (Å²) in [4.78, 5) is 0. The van der Waals surface area contributed by atoms with Gasteiger partial charge < -0.3 is 9.94 Å². The normalized spacial score (nSPS) is 11.1. The van der Waals surface area contributed by atoms with E-state index >= 15 is 0 Å². The molecule has 84 valence electrons. The van der Waals surface area contributed by atoms with Crippen LogP contribution in [-0.2, 0) is 0 Å². The largest absolute Gasteiger partial charge is 0.616 e. The average molecular weight is 217 g/mol. The van der Waals surface area contributed by atoms with E-state index in [4.69, 9.17) is 0 Å². The summed E-state index contributed by atoms with van der Waals surface area (Å²) >= 11 is 0. The summed E-state index contributed by atoms with van der Waals surface area (Å²) in [6.45, 7) is 2.17. The number of halogens is 2. The van der Waals surface area contributed by atoms with Gasteiger partial charge in [-0.25, -0.2) is 0 Å². The molecule has 0 aliphatic rings.